The molecule has 1 aliphatic carbocycles. The average Bonchev–Trinajstić information content (AvgIpc) is 3.31. The second kappa shape index (κ2) is 9.58. The number of aromatic nitrogens is 2. The minimum absolute atomic E-state index is 0.0364. The minimum atomic E-state index is -0.705. The molecule has 2 aromatic heterocycles. The number of rotatable bonds is 6. The largest absolute Gasteiger partial charge is 0.324 e. The van der Waals surface area contributed by atoms with Crippen LogP contribution in [-0.4, -0.2) is 21.2 Å². The summed E-state index contributed by atoms with van der Waals surface area (Å²) in [7, 11) is 0. The van der Waals surface area contributed by atoms with Crippen molar-refractivity contribution in [1.29, 1.82) is 0 Å². The van der Waals surface area contributed by atoms with Crippen molar-refractivity contribution in [3.63, 3.8) is 0 Å². The van der Waals surface area contributed by atoms with E-state index in [2.05, 4.69) is 28.5 Å². The lowest BCUT2D eigenvalue weighted by atomic mass is 9.89. The Morgan fingerprint density at radius 3 is 2.54 bits per heavy atom. The molecule has 2 heterocycles. The molecule has 6 nitrogen and oxygen atoms in total. The summed E-state index contributed by atoms with van der Waals surface area (Å²) in [5.74, 6) is -0.331. The fraction of sp³-hybridized carbons (Fsp3) is 0.286. The van der Waals surface area contributed by atoms with Crippen LogP contribution < -0.4 is 10.9 Å². The molecule has 0 aliphatic heterocycles. The Kier molecular flexibility index (Phi) is 6.34. The highest BCUT2D eigenvalue weighted by atomic mass is 32.1. The van der Waals surface area contributed by atoms with Crippen LogP contribution in [-0.2, 0) is 17.6 Å². The van der Waals surface area contributed by atoms with Gasteiger partial charge in [0.2, 0.25) is 5.91 Å². The first-order valence-electron chi connectivity index (χ1n) is 12.0. The van der Waals surface area contributed by atoms with E-state index in [0.29, 0.717) is 27.9 Å². The molecule has 0 fully saturated rings. The van der Waals surface area contributed by atoms with Gasteiger partial charge in [-0.15, -0.1) is 11.3 Å². The molecule has 0 saturated carbocycles. The van der Waals surface area contributed by atoms with Gasteiger partial charge in [0.25, 0.3) is 5.56 Å². The van der Waals surface area contributed by atoms with Crippen molar-refractivity contribution in [3.05, 3.63) is 81.2 Å². The predicted molar refractivity (Wildman–Crippen MR) is 140 cm³/mol. The third-order valence-corrected chi connectivity index (χ3v) is 7.65. The van der Waals surface area contributed by atoms with Crippen molar-refractivity contribution in [2.45, 2.75) is 52.0 Å². The van der Waals surface area contributed by atoms with Crippen LogP contribution in [0.2, 0.25) is 0 Å². The van der Waals surface area contributed by atoms with E-state index in [0.717, 1.165) is 24.0 Å². The minimum Gasteiger partial charge on any atom is -0.324 e. The number of nitrogens with one attached hydrogen (secondary N) is 1. The van der Waals surface area contributed by atoms with Crippen molar-refractivity contribution >= 4 is 38.9 Å². The molecule has 0 spiro atoms. The zero-order chi connectivity index (χ0) is 24.5. The molecule has 1 atom stereocenters. The van der Waals surface area contributed by atoms with Crippen LogP contribution in [0.4, 0.5) is 5.69 Å². The fourth-order valence-corrected chi connectivity index (χ4v) is 5.71. The number of carbonyl (C=O) groups excluding carboxylic acids is 2. The van der Waals surface area contributed by atoms with Gasteiger partial charge in [-0.05, 0) is 80.0 Å². The molecule has 2 aromatic carbocycles. The van der Waals surface area contributed by atoms with Gasteiger partial charge in [-0.25, -0.2) is 4.98 Å². The summed E-state index contributed by atoms with van der Waals surface area (Å²) in [6.45, 7) is 3.37. The van der Waals surface area contributed by atoms with Crippen LogP contribution in [0.3, 0.4) is 0 Å². The molecule has 1 aliphatic rings. The number of aryl methyl sites for hydroxylation is 2. The molecular formula is C28H27N3O3S. The Bertz CT molecular complexity index is 1480. The SMILES string of the molecule is CCC(C(=O)Nc1ccc(C(C)=O)cc1)n1cnc2scc(-c3ccc4c(c3)CCCC4)c2c1=O. The van der Waals surface area contributed by atoms with E-state index in [9.17, 15) is 14.4 Å². The number of amides is 1. The fourth-order valence-electron chi connectivity index (χ4n) is 4.80. The van der Waals surface area contributed by atoms with E-state index in [1.807, 2.05) is 12.3 Å². The summed E-state index contributed by atoms with van der Waals surface area (Å²) in [5, 5.41) is 5.42. The lowest BCUT2D eigenvalue weighted by molar-refractivity contribution is -0.119. The van der Waals surface area contributed by atoms with Crippen LogP contribution in [0.25, 0.3) is 21.3 Å². The maximum atomic E-state index is 13.7. The number of nitrogens with zero attached hydrogens (tertiary/aromatic N) is 2. The molecule has 1 amide bonds. The van der Waals surface area contributed by atoms with E-state index >= 15 is 0 Å². The Morgan fingerprint density at radius 2 is 1.83 bits per heavy atom. The first kappa shape index (κ1) is 23.2. The van der Waals surface area contributed by atoms with Crippen LogP contribution in [0, 0.1) is 0 Å². The smallest absolute Gasteiger partial charge is 0.263 e. The van der Waals surface area contributed by atoms with Gasteiger partial charge in [0.1, 0.15) is 10.9 Å². The third-order valence-electron chi connectivity index (χ3n) is 6.76. The van der Waals surface area contributed by atoms with E-state index in [1.54, 1.807) is 24.3 Å². The number of benzene rings is 2. The standard InChI is InChI=1S/C28H27N3O3S/c1-3-24(26(33)30-22-12-10-18(11-13-22)17(2)32)31-16-29-27-25(28(31)34)23(15-35-27)21-9-8-19-6-4-5-7-20(19)14-21/h8-16,24H,3-7H2,1-2H3,(H,30,33). The van der Waals surface area contributed by atoms with Gasteiger partial charge < -0.3 is 5.32 Å². The maximum Gasteiger partial charge on any atom is 0.263 e. The monoisotopic (exact) mass is 485 g/mol. The summed E-state index contributed by atoms with van der Waals surface area (Å²) >= 11 is 1.45. The van der Waals surface area contributed by atoms with Crippen LogP contribution in [0.1, 0.15) is 60.6 Å². The Labute approximate surface area is 207 Å². The second-order valence-electron chi connectivity index (χ2n) is 9.02. The van der Waals surface area contributed by atoms with Gasteiger partial charge in [-0.2, -0.15) is 0 Å². The summed E-state index contributed by atoms with van der Waals surface area (Å²) in [6.07, 6.45) is 6.51. The topological polar surface area (TPSA) is 81.1 Å². The van der Waals surface area contributed by atoms with Crippen molar-refractivity contribution in [2.75, 3.05) is 5.32 Å². The first-order valence-corrected chi connectivity index (χ1v) is 12.9. The predicted octanol–water partition coefficient (Wildman–Crippen LogP) is 5.80. The summed E-state index contributed by atoms with van der Waals surface area (Å²) in [4.78, 5) is 43.5. The van der Waals surface area contributed by atoms with Gasteiger partial charge in [0.15, 0.2) is 5.78 Å². The number of ketones is 1. The van der Waals surface area contributed by atoms with Gasteiger partial charge in [-0.1, -0.05) is 25.1 Å². The number of hydrogen-bond donors (Lipinski definition) is 1. The highest BCUT2D eigenvalue weighted by Gasteiger charge is 2.23. The van der Waals surface area contributed by atoms with Gasteiger partial charge >= 0.3 is 0 Å². The molecule has 0 saturated heterocycles. The van der Waals surface area contributed by atoms with Crippen LogP contribution >= 0.6 is 11.3 Å². The molecule has 5 rings (SSSR count). The van der Waals surface area contributed by atoms with Gasteiger partial charge in [-0.3, -0.25) is 19.0 Å². The molecule has 0 bridgehead atoms. The van der Waals surface area contributed by atoms with Crippen molar-refractivity contribution in [1.82, 2.24) is 9.55 Å². The van der Waals surface area contributed by atoms with Crippen molar-refractivity contribution in [3.8, 4) is 11.1 Å². The van der Waals surface area contributed by atoms with Crippen molar-refractivity contribution < 1.29 is 9.59 Å². The summed E-state index contributed by atoms with van der Waals surface area (Å²) in [5.41, 5.74) is 5.60. The zero-order valence-corrected chi connectivity index (χ0v) is 20.7. The van der Waals surface area contributed by atoms with E-state index < -0.39 is 6.04 Å². The highest BCUT2D eigenvalue weighted by Crippen LogP contribution is 2.34. The lowest BCUT2D eigenvalue weighted by Crippen LogP contribution is -2.33. The van der Waals surface area contributed by atoms with E-state index in [4.69, 9.17) is 0 Å². The van der Waals surface area contributed by atoms with E-state index in [-0.39, 0.29) is 17.2 Å². The number of fused-ring (bicyclic) bond motifs is 2. The lowest BCUT2D eigenvalue weighted by Gasteiger charge is -2.18. The molecule has 35 heavy (non-hydrogen) atoms. The molecular weight excluding hydrogens is 458 g/mol. The second-order valence-corrected chi connectivity index (χ2v) is 9.88. The molecule has 4 aromatic rings. The van der Waals surface area contributed by atoms with E-state index in [1.165, 1.54) is 53.1 Å². The molecule has 1 unspecified atom stereocenters. The number of hydrogen-bond acceptors (Lipinski definition) is 5. The highest BCUT2D eigenvalue weighted by molar-refractivity contribution is 7.17. The van der Waals surface area contributed by atoms with Crippen molar-refractivity contribution in [2.24, 2.45) is 0 Å². The Hall–Kier alpha value is -3.58. The summed E-state index contributed by atoms with van der Waals surface area (Å²) in [6, 6.07) is 12.5. The Balaban J connectivity index is 1.49. The number of carbonyl (C=O) groups is 2. The zero-order valence-electron chi connectivity index (χ0n) is 19.8. The normalized spacial score (nSPS) is 13.9. The molecule has 1 N–H and O–H groups in total. The van der Waals surface area contributed by atoms with Gasteiger partial charge in [0.05, 0.1) is 11.7 Å². The molecule has 7 heteroatoms. The number of Topliss-reactive ketones (excluding diaryl/α,β-unsaturated/α-hetero) is 1. The number of anilines is 1. The van der Waals surface area contributed by atoms with Gasteiger partial charge in [0, 0.05) is 22.2 Å². The quantitative estimate of drug-likeness (QED) is 0.350. The van der Waals surface area contributed by atoms with Crippen LogP contribution in [0.15, 0.2) is 59.0 Å². The molecule has 0 radical (unpaired) electrons. The average molecular weight is 486 g/mol. The van der Waals surface area contributed by atoms with Crippen LogP contribution in [0.5, 0.6) is 0 Å². The number of thiophene rings is 1. The first-order chi connectivity index (χ1) is 17.0. The maximum absolute atomic E-state index is 13.7. The Morgan fingerprint density at radius 1 is 1.09 bits per heavy atom. The molecule has 178 valence electrons. The third kappa shape index (κ3) is 4.44. The summed E-state index contributed by atoms with van der Waals surface area (Å²) < 4.78 is 1.44.